The quantitative estimate of drug-likeness (QED) is 0.515. The second-order valence-electron chi connectivity index (χ2n) is 4.95. The first kappa shape index (κ1) is 15.1. The molecule has 5 heteroatoms. The number of carbonyl (C=O) groups is 1. The van der Waals surface area contributed by atoms with E-state index in [1.165, 1.54) is 13.2 Å². The van der Waals surface area contributed by atoms with Crippen LogP contribution in [0.15, 0.2) is 42.5 Å². The molecule has 2 nitrogen and oxygen atoms in total. The Balaban J connectivity index is 2.45. The van der Waals surface area contributed by atoms with E-state index < -0.39 is 17.5 Å². The average Bonchev–Trinajstić information content (AvgIpc) is 2.56. The molecule has 0 atom stereocenters. The van der Waals surface area contributed by atoms with E-state index in [0.29, 0.717) is 28.9 Å². The Labute approximate surface area is 130 Å². The van der Waals surface area contributed by atoms with Gasteiger partial charge in [-0.1, -0.05) is 24.3 Å². The molecular weight excluding hydrogens is 305 g/mol. The molecule has 0 amide bonds. The highest BCUT2D eigenvalue weighted by molar-refractivity contribution is 6.07. The summed E-state index contributed by atoms with van der Waals surface area (Å²) in [6.07, 6.45) is 0.541. The van der Waals surface area contributed by atoms with Crippen LogP contribution in [0.25, 0.3) is 21.9 Å². The minimum atomic E-state index is -1.32. The minimum absolute atomic E-state index is 0.0754. The number of methoxy groups -OCH3 is 1. The Morgan fingerprint density at radius 3 is 2.30 bits per heavy atom. The first-order chi connectivity index (χ1) is 11.1. The summed E-state index contributed by atoms with van der Waals surface area (Å²) < 4.78 is 46.4. The monoisotopic (exact) mass is 316 g/mol. The lowest BCUT2D eigenvalue weighted by Crippen LogP contribution is -1.98. The van der Waals surface area contributed by atoms with Crippen LogP contribution in [-0.4, -0.2) is 13.4 Å². The maximum Gasteiger partial charge on any atom is 0.166 e. The van der Waals surface area contributed by atoms with Gasteiger partial charge >= 0.3 is 0 Å². The fourth-order valence-electron chi connectivity index (χ4n) is 2.64. The van der Waals surface area contributed by atoms with Crippen LogP contribution >= 0.6 is 0 Å². The molecule has 0 N–H and O–H groups in total. The van der Waals surface area contributed by atoms with Gasteiger partial charge in [0.25, 0.3) is 0 Å². The molecule has 116 valence electrons. The summed E-state index contributed by atoms with van der Waals surface area (Å²) in [6.45, 7) is 0. The SMILES string of the molecule is COc1cc(-c2cc(F)cc(F)c2F)c(C=O)c2ccccc12. The number of aldehydes is 1. The highest BCUT2D eigenvalue weighted by Gasteiger charge is 2.19. The molecule has 3 aromatic carbocycles. The summed E-state index contributed by atoms with van der Waals surface area (Å²) in [7, 11) is 1.43. The molecular formula is C18H11F3O2. The Morgan fingerprint density at radius 1 is 0.957 bits per heavy atom. The van der Waals surface area contributed by atoms with Crippen LogP contribution in [-0.2, 0) is 0 Å². The second-order valence-corrected chi connectivity index (χ2v) is 4.95. The van der Waals surface area contributed by atoms with Crippen LogP contribution in [0.5, 0.6) is 5.75 Å². The topological polar surface area (TPSA) is 26.3 Å². The molecule has 0 radical (unpaired) electrons. The van der Waals surface area contributed by atoms with Crippen LogP contribution in [0.1, 0.15) is 10.4 Å². The summed E-state index contributed by atoms with van der Waals surface area (Å²) in [4.78, 5) is 11.5. The number of hydrogen-bond donors (Lipinski definition) is 0. The smallest absolute Gasteiger partial charge is 0.166 e. The lowest BCUT2D eigenvalue weighted by Gasteiger charge is -2.14. The van der Waals surface area contributed by atoms with Gasteiger partial charge in [-0.05, 0) is 23.1 Å². The number of ether oxygens (including phenoxy) is 1. The standard InChI is InChI=1S/C18H11F3O2/c1-23-17-8-13(14-6-10(19)7-16(20)18(14)21)15(9-22)11-4-2-3-5-12(11)17/h2-9H,1H3. The molecule has 23 heavy (non-hydrogen) atoms. The van der Waals surface area contributed by atoms with E-state index in [1.54, 1.807) is 24.3 Å². The van der Waals surface area contributed by atoms with E-state index in [-0.39, 0.29) is 16.7 Å². The van der Waals surface area contributed by atoms with Crippen molar-refractivity contribution in [1.29, 1.82) is 0 Å². The largest absolute Gasteiger partial charge is 0.496 e. The number of benzene rings is 3. The van der Waals surface area contributed by atoms with E-state index in [4.69, 9.17) is 4.74 Å². The van der Waals surface area contributed by atoms with E-state index in [9.17, 15) is 18.0 Å². The highest BCUT2D eigenvalue weighted by Crippen LogP contribution is 2.37. The van der Waals surface area contributed by atoms with Crippen molar-refractivity contribution in [2.75, 3.05) is 7.11 Å². The van der Waals surface area contributed by atoms with E-state index >= 15 is 0 Å². The van der Waals surface area contributed by atoms with Gasteiger partial charge < -0.3 is 4.74 Å². The van der Waals surface area contributed by atoms with Crippen molar-refractivity contribution >= 4 is 17.1 Å². The third-order valence-electron chi connectivity index (χ3n) is 3.67. The molecule has 0 saturated heterocycles. The molecule has 0 aliphatic heterocycles. The Kier molecular flexibility index (Phi) is 3.78. The molecule has 0 heterocycles. The van der Waals surface area contributed by atoms with Gasteiger partial charge in [0.2, 0.25) is 0 Å². The zero-order valence-corrected chi connectivity index (χ0v) is 12.1. The Morgan fingerprint density at radius 2 is 1.65 bits per heavy atom. The lowest BCUT2D eigenvalue weighted by atomic mass is 9.93. The highest BCUT2D eigenvalue weighted by atomic mass is 19.2. The van der Waals surface area contributed by atoms with Gasteiger partial charge in [0.1, 0.15) is 11.6 Å². The molecule has 0 aliphatic rings. The lowest BCUT2D eigenvalue weighted by molar-refractivity contribution is 0.112. The number of carbonyl (C=O) groups excluding carboxylic acids is 1. The average molecular weight is 316 g/mol. The summed E-state index contributed by atoms with van der Waals surface area (Å²) in [5.74, 6) is -3.08. The fraction of sp³-hybridized carbons (Fsp3) is 0.0556. The fourth-order valence-corrected chi connectivity index (χ4v) is 2.64. The molecule has 3 aromatic rings. The molecule has 0 aliphatic carbocycles. The van der Waals surface area contributed by atoms with E-state index in [0.717, 1.165) is 6.07 Å². The first-order valence-electron chi connectivity index (χ1n) is 6.76. The predicted molar refractivity (Wildman–Crippen MR) is 81.2 cm³/mol. The molecule has 0 saturated carbocycles. The summed E-state index contributed by atoms with van der Waals surface area (Å²) in [5.41, 5.74) is -0.106. The van der Waals surface area contributed by atoms with Crippen molar-refractivity contribution in [3.63, 3.8) is 0 Å². The maximum atomic E-state index is 14.1. The summed E-state index contributed by atoms with van der Waals surface area (Å²) in [5, 5.41) is 1.17. The molecule has 0 spiro atoms. The number of fused-ring (bicyclic) bond motifs is 1. The summed E-state index contributed by atoms with van der Waals surface area (Å²) >= 11 is 0. The minimum Gasteiger partial charge on any atom is -0.496 e. The normalized spacial score (nSPS) is 10.8. The molecule has 3 rings (SSSR count). The number of hydrogen-bond acceptors (Lipinski definition) is 2. The van der Waals surface area contributed by atoms with Crippen molar-refractivity contribution < 1.29 is 22.7 Å². The van der Waals surface area contributed by atoms with Crippen LogP contribution in [0.4, 0.5) is 13.2 Å². The van der Waals surface area contributed by atoms with Crippen molar-refractivity contribution in [1.82, 2.24) is 0 Å². The third-order valence-corrected chi connectivity index (χ3v) is 3.67. The van der Waals surface area contributed by atoms with Crippen LogP contribution in [0.2, 0.25) is 0 Å². The van der Waals surface area contributed by atoms with Crippen molar-refractivity contribution in [3.8, 4) is 16.9 Å². The van der Waals surface area contributed by atoms with Crippen LogP contribution < -0.4 is 4.74 Å². The number of halogens is 3. The summed E-state index contributed by atoms with van der Waals surface area (Å²) in [6, 6.07) is 9.60. The van der Waals surface area contributed by atoms with Crippen molar-refractivity contribution in [2.45, 2.75) is 0 Å². The Bertz CT molecular complexity index is 920. The van der Waals surface area contributed by atoms with Crippen molar-refractivity contribution in [2.24, 2.45) is 0 Å². The zero-order valence-electron chi connectivity index (χ0n) is 12.1. The second kappa shape index (κ2) is 5.76. The van der Waals surface area contributed by atoms with Gasteiger partial charge in [0.05, 0.1) is 7.11 Å². The molecule has 0 aromatic heterocycles. The molecule has 0 unspecified atom stereocenters. The predicted octanol–water partition coefficient (Wildman–Crippen LogP) is 4.75. The van der Waals surface area contributed by atoms with Gasteiger partial charge in [-0.25, -0.2) is 13.2 Å². The van der Waals surface area contributed by atoms with E-state index in [1.807, 2.05) is 0 Å². The molecule has 0 fully saturated rings. The molecule has 0 bridgehead atoms. The van der Waals surface area contributed by atoms with Gasteiger partial charge in [-0.15, -0.1) is 0 Å². The first-order valence-corrected chi connectivity index (χ1v) is 6.76. The Hall–Kier alpha value is -2.82. The maximum absolute atomic E-state index is 14.1. The van der Waals surface area contributed by atoms with Gasteiger partial charge in [-0.3, -0.25) is 4.79 Å². The third kappa shape index (κ3) is 2.44. The van der Waals surface area contributed by atoms with Crippen molar-refractivity contribution in [3.05, 3.63) is 65.5 Å². The van der Waals surface area contributed by atoms with Crippen LogP contribution in [0.3, 0.4) is 0 Å². The van der Waals surface area contributed by atoms with Crippen LogP contribution in [0, 0.1) is 17.5 Å². The van der Waals surface area contributed by atoms with Gasteiger partial charge in [-0.2, -0.15) is 0 Å². The van der Waals surface area contributed by atoms with E-state index in [2.05, 4.69) is 0 Å². The van der Waals surface area contributed by atoms with Gasteiger partial charge in [0.15, 0.2) is 17.9 Å². The van der Waals surface area contributed by atoms with Gasteiger partial charge in [0, 0.05) is 22.6 Å². The number of rotatable bonds is 3. The zero-order chi connectivity index (χ0) is 16.6.